The number of amides is 2. The molecule has 2 heterocycles. The number of piperidine rings is 1. The highest BCUT2D eigenvalue weighted by Crippen LogP contribution is 2.26. The van der Waals surface area contributed by atoms with Crippen molar-refractivity contribution < 1.29 is 14.3 Å². The van der Waals surface area contributed by atoms with Crippen LogP contribution in [-0.2, 0) is 4.74 Å². The zero-order valence-corrected chi connectivity index (χ0v) is 22.3. The number of ether oxygens (including phenoxy) is 1. The maximum atomic E-state index is 14.0. The summed E-state index contributed by atoms with van der Waals surface area (Å²) in [5.41, 5.74) is 1.72. The van der Waals surface area contributed by atoms with Gasteiger partial charge in [-0.1, -0.05) is 60.7 Å². The van der Waals surface area contributed by atoms with E-state index in [1.807, 2.05) is 60.7 Å². The van der Waals surface area contributed by atoms with Gasteiger partial charge < -0.3 is 15.0 Å². The lowest BCUT2D eigenvalue weighted by atomic mass is 9.96. The van der Waals surface area contributed by atoms with Crippen LogP contribution in [0.15, 0.2) is 85.1 Å². The van der Waals surface area contributed by atoms with Gasteiger partial charge in [0, 0.05) is 31.4 Å². The predicted octanol–water partition coefficient (Wildman–Crippen LogP) is 5.93. The van der Waals surface area contributed by atoms with Gasteiger partial charge in [0.25, 0.3) is 5.91 Å². The van der Waals surface area contributed by atoms with Gasteiger partial charge in [0.1, 0.15) is 5.82 Å². The maximum absolute atomic E-state index is 14.0. The highest BCUT2D eigenvalue weighted by atomic mass is 16.5. The molecule has 1 N–H and O–H groups in total. The van der Waals surface area contributed by atoms with Crippen LogP contribution < -0.4 is 10.2 Å². The van der Waals surface area contributed by atoms with E-state index in [4.69, 9.17) is 9.72 Å². The average Bonchev–Trinajstić information content (AvgIpc) is 2.99. The largest absolute Gasteiger partial charge is 0.453 e. The standard InChI is InChI=1S/C31H33N5O3/c1-22(24-8-4-3-5-9-24)33-30-32-17-14-28(34-30)36(21-23-15-18-35(19-16-23)31(38)39-2)29(37)27-13-12-25-10-6-7-11-26(25)20-27/h3-14,17,20,22-23H,15-16,18-19,21H2,1-2H3,(H,32,33,34)/t22-/m0/s1. The molecule has 1 aliphatic rings. The van der Waals surface area contributed by atoms with Crippen LogP contribution in [0.1, 0.15) is 41.7 Å². The third kappa shape index (κ3) is 6.17. The first-order chi connectivity index (χ1) is 19.0. The van der Waals surface area contributed by atoms with Crippen LogP contribution in [0.3, 0.4) is 0 Å². The van der Waals surface area contributed by atoms with Crippen molar-refractivity contribution >= 4 is 34.5 Å². The van der Waals surface area contributed by atoms with E-state index in [1.54, 1.807) is 22.1 Å². The number of hydrogen-bond acceptors (Lipinski definition) is 6. The summed E-state index contributed by atoms with van der Waals surface area (Å²) in [4.78, 5) is 38.6. The first-order valence-corrected chi connectivity index (χ1v) is 13.3. The van der Waals surface area contributed by atoms with Crippen LogP contribution in [0.2, 0.25) is 0 Å². The Balaban J connectivity index is 1.41. The number of anilines is 2. The fourth-order valence-corrected chi connectivity index (χ4v) is 5.03. The smallest absolute Gasteiger partial charge is 0.409 e. The molecule has 0 aliphatic carbocycles. The number of hydrogen-bond donors (Lipinski definition) is 1. The van der Waals surface area contributed by atoms with E-state index in [1.165, 1.54) is 7.11 Å². The van der Waals surface area contributed by atoms with Crippen LogP contribution in [-0.4, -0.2) is 53.6 Å². The number of nitrogens with one attached hydrogen (secondary N) is 1. The summed E-state index contributed by atoms with van der Waals surface area (Å²) in [5.74, 6) is 1.10. The first-order valence-electron chi connectivity index (χ1n) is 13.3. The molecule has 200 valence electrons. The Bertz CT molecular complexity index is 1440. The number of benzene rings is 3. The second kappa shape index (κ2) is 11.9. The van der Waals surface area contributed by atoms with Crippen LogP contribution >= 0.6 is 0 Å². The van der Waals surface area contributed by atoms with E-state index in [-0.39, 0.29) is 24.0 Å². The van der Waals surface area contributed by atoms with Gasteiger partial charge in [0.2, 0.25) is 5.95 Å². The summed E-state index contributed by atoms with van der Waals surface area (Å²) in [6, 6.07) is 25.7. The number of carbonyl (C=O) groups excluding carboxylic acids is 2. The fourth-order valence-electron chi connectivity index (χ4n) is 5.03. The van der Waals surface area contributed by atoms with E-state index in [9.17, 15) is 9.59 Å². The molecule has 8 nitrogen and oxygen atoms in total. The van der Waals surface area contributed by atoms with Gasteiger partial charge in [-0.3, -0.25) is 9.69 Å². The summed E-state index contributed by atoms with van der Waals surface area (Å²) in [6.45, 7) is 3.74. The van der Waals surface area contributed by atoms with Crippen molar-refractivity contribution in [2.24, 2.45) is 5.92 Å². The van der Waals surface area contributed by atoms with E-state index in [0.29, 0.717) is 37.0 Å². The number of fused-ring (bicyclic) bond motifs is 1. The average molecular weight is 524 g/mol. The summed E-state index contributed by atoms with van der Waals surface area (Å²) in [6.07, 6.45) is 2.93. The first kappa shape index (κ1) is 26.2. The Morgan fingerprint density at radius 1 is 1.00 bits per heavy atom. The Labute approximate surface area is 228 Å². The summed E-state index contributed by atoms with van der Waals surface area (Å²) in [7, 11) is 1.40. The molecule has 1 aromatic heterocycles. The molecule has 2 amide bonds. The molecule has 1 atom stereocenters. The molecule has 0 saturated carbocycles. The van der Waals surface area contributed by atoms with Crippen molar-refractivity contribution in [3.8, 4) is 0 Å². The molecule has 8 heteroatoms. The van der Waals surface area contributed by atoms with Gasteiger partial charge in [0.05, 0.1) is 13.2 Å². The van der Waals surface area contributed by atoms with E-state index in [0.717, 1.165) is 29.2 Å². The molecule has 5 rings (SSSR count). The molecule has 0 spiro atoms. The molecule has 0 radical (unpaired) electrons. The summed E-state index contributed by atoms with van der Waals surface area (Å²) in [5, 5.41) is 5.46. The number of likely N-dealkylation sites (tertiary alicyclic amines) is 1. The van der Waals surface area contributed by atoms with Gasteiger partial charge in [-0.25, -0.2) is 9.78 Å². The van der Waals surface area contributed by atoms with E-state index in [2.05, 4.69) is 29.4 Å². The molecule has 1 fully saturated rings. The van der Waals surface area contributed by atoms with Gasteiger partial charge in [-0.2, -0.15) is 4.98 Å². The minimum atomic E-state index is -0.309. The van der Waals surface area contributed by atoms with Gasteiger partial charge in [0.15, 0.2) is 0 Å². The van der Waals surface area contributed by atoms with E-state index >= 15 is 0 Å². The van der Waals surface area contributed by atoms with Crippen LogP contribution in [0, 0.1) is 5.92 Å². The fraction of sp³-hybridized carbons (Fsp3) is 0.290. The molecular weight excluding hydrogens is 490 g/mol. The predicted molar refractivity (Wildman–Crippen MR) is 153 cm³/mol. The lowest BCUT2D eigenvalue weighted by Crippen LogP contribution is -2.43. The van der Waals surface area contributed by atoms with Crippen molar-refractivity contribution in [3.63, 3.8) is 0 Å². The zero-order valence-electron chi connectivity index (χ0n) is 22.3. The van der Waals surface area contributed by atoms with Gasteiger partial charge in [-0.05, 0) is 60.2 Å². The van der Waals surface area contributed by atoms with Crippen molar-refractivity contribution in [2.45, 2.75) is 25.8 Å². The zero-order chi connectivity index (χ0) is 27.2. The Morgan fingerprint density at radius 3 is 2.46 bits per heavy atom. The van der Waals surface area contributed by atoms with Crippen LogP contribution in [0.25, 0.3) is 10.8 Å². The molecule has 1 saturated heterocycles. The van der Waals surface area contributed by atoms with Crippen molar-refractivity contribution in [3.05, 3.63) is 96.2 Å². The normalized spacial score (nSPS) is 14.6. The quantitative estimate of drug-likeness (QED) is 0.323. The number of rotatable bonds is 7. The highest BCUT2D eigenvalue weighted by molar-refractivity contribution is 6.07. The number of carbonyl (C=O) groups is 2. The molecule has 1 aliphatic heterocycles. The molecule has 0 unspecified atom stereocenters. The molecule has 3 aromatic carbocycles. The van der Waals surface area contributed by atoms with Crippen molar-refractivity contribution in [1.29, 1.82) is 0 Å². The minimum absolute atomic E-state index is 0.00580. The lowest BCUT2D eigenvalue weighted by Gasteiger charge is -2.34. The number of methoxy groups -OCH3 is 1. The SMILES string of the molecule is COC(=O)N1CCC(CN(C(=O)c2ccc3ccccc3c2)c2ccnc(N[C@@H](C)c3ccccc3)n2)CC1. The van der Waals surface area contributed by atoms with Gasteiger partial charge in [-0.15, -0.1) is 0 Å². The molecule has 4 aromatic rings. The Morgan fingerprint density at radius 2 is 1.72 bits per heavy atom. The monoisotopic (exact) mass is 523 g/mol. The Hall–Kier alpha value is -4.46. The lowest BCUT2D eigenvalue weighted by molar-refractivity contribution is 0.0953. The van der Waals surface area contributed by atoms with Crippen LogP contribution in [0.5, 0.6) is 0 Å². The topological polar surface area (TPSA) is 87.7 Å². The Kier molecular flexibility index (Phi) is 8.01. The number of aromatic nitrogens is 2. The van der Waals surface area contributed by atoms with Crippen molar-refractivity contribution in [2.75, 3.05) is 37.0 Å². The van der Waals surface area contributed by atoms with E-state index < -0.39 is 0 Å². The number of nitrogens with zero attached hydrogens (tertiary/aromatic N) is 4. The van der Waals surface area contributed by atoms with Gasteiger partial charge >= 0.3 is 6.09 Å². The summed E-state index contributed by atoms with van der Waals surface area (Å²) < 4.78 is 4.88. The third-order valence-electron chi connectivity index (χ3n) is 7.29. The third-order valence-corrected chi connectivity index (χ3v) is 7.29. The van der Waals surface area contributed by atoms with Crippen molar-refractivity contribution in [1.82, 2.24) is 14.9 Å². The summed E-state index contributed by atoms with van der Waals surface area (Å²) >= 11 is 0. The molecule has 0 bridgehead atoms. The van der Waals surface area contributed by atoms with Crippen LogP contribution in [0.4, 0.5) is 16.6 Å². The molecular formula is C31H33N5O3. The molecule has 39 heavy (non-hydrogen) atoms. The maximum Gasteiger partial charge on any atom is 0.409 e. The second-order valence-electron chi connectivity index (χ2n) is 9.89. The minimum Gasteiger partial charge on any atom is -0.453 e. The second-order valence-corrected chi connectivity index (χ2v) is 9.89. The highest BCUT2D eigenvalue weighted by Gasteiger charge is 2.28.